The van der Waals surface area contributed by atoms with Gasteiger partial charge < -0.3 is 5.32 Å². The maximum atomic E-state index is 13.1. The largest absolute Gasteiger partial charge is 0.362 e. The van der Waals surface area contributed by atoms with E-state index in [1.165, 1.54) is 12.1 Å². The molecule has 0 aromatic heterocycles. The molecule has 2 rings (SSSR count). The number of aliphatic imine (C=N–C) groups is 1. The molecule has 1 fully saturated rings. The molecular formula is C16H22F2N2S. The van der Waals surface area contributed by atoms with Crippen LogP contribution in [0.25, 0.3) is 0 Å². The maximum absolute atomic E-state index is 13.1. The van der Waals surface area contributed by atoms with Crippen molar-refractivity contribution in [3.05, 3.63) is 35.4 Å². The number of hydrogen-bond donors (Lipinski definition) is 1. The Labute approximate surface area is 129 Å². The van der Waals surface area contributed by atoms with Gasteiger partial charge in [0.15, 0.2) is 5.17 Å². The molecular weight excluding hydrogens is 290 g/mol. The zero-order valence-electron chi connectivity index (χ0n) is 12.7. The van der Waals surface area contributed by atoms with E-state index < -0.39 is 11.6 Å². The Morgan fingerprint density at radius 1 is 1.24 bits per heavy atom. The lowest BCUT2D eigenvalue weighted by Gasteiger charge is -2.35. The average molecular weight is 312 g/mol. The minimum atomic E-state index is -0.532. The Balaban J connectivity index is 1.92. The number of nitrogens with one attached hydrogen (secondary N) is 1. The van der Waals surface area contributed by atoms with Crippen molar-refractivity contribution in [1.82, 2.24) is 5.32 Å². The predicted molar refractivity (Wildman–Crippen MR) is 85.8 cm³/mol. The standard InChI is InChI=1S/C16H22F2N2S/c1-16(2,3)14-5-7-21-15(20-14)19-6-4-11-8-12(17)10-13(18)9-11/h8-10,14H,4-7H2,1-3H3,(H,19,20). The summed E-state index contributed by atoms with van der Waals surface area (Å²) < 4.78 is 26.2. The fourth-order valence-electron chi connectivity index (χ4n) is 2.32. The average Bonchev–Trinajstić information content (AvgIpc) is 2.37. The molecule has 116 valence electrons. The molecule has 5 heteroatoms. The van der Waals surface area contributed by atoms with E-state index in [1.54, 1.807) is 11.8 Å². The zero-order valence-corrected chi connectivity index (χ0v) is 13.6. The molecule has 1 aromatic rings. The molecule has 2 nitrogen and oxygen atoms in total. The Kier molecular flexibility index (Phi) is 5.25. The molecule has 0 bridgehead atoms. The second-order valence-corrected chi connectivity index (χ2v) is 7.50. The molecule has 0 aliphatic carbocycles. The number of halogens is 2. The van der Waals surface area contributed by atoms with E-state index in [2.05, 4.69) is 31.1 Å². The first kappa shape index (κ1) is 16.3. The van der Waals surface area contributed by atoms with Gasteiger partial charge in [-0.05, 0) is 36.0 Å². The number of amidine groups is 1. The van der Waals surface area contributed by atoms with Gasteiger partial charge in [-0.2, -0.15) is 0 Å². The van der Waals surface area contributed by atoms with Gasteiger partial charge in [0.05, 0.1) is 0 Å². The van der Waals surface area contributed by atoms with Crippen LogP contribution in [0.15, 0.2) is 23.2 Å². The van der Waals surface area contributed by atoms with Gasteiger partial charge in [0.25, 0.3) is 0 Å². The molecule has 1 unspecified atom stereocenters. The SMILES string of the molecule is CC(C)(C)C1CCSC(=NCCc2cc(F)cc(F)c2)N1. The van der Waals surface area contributed by atoms with Crippen LogP contribution < -0.4 is 5.32 Å². The van der Waals surface area contributed by atoms with Crippen molar-refractivity contribution in [2.24, 2.45) is 10.4 Å². The first-order valence-electron chi connectivity index (χ1n) is 7.23. The van der Waals surface area contributed by atoms with E-state index in [4.69, 9.17) is 0 Å². The molecule has 1 aliphatic rings. The van der Waals surface area contributed by atoms with Crippen molar-refractivity contribution in [2.45, 2.75) is 39.7 Å². The van der Waals surface area contributed by atoms with Crippen LogP contribution in [-0.4, -0.2) is 23.5 Å². The predicted octanol–water partition coefficient (Wildman–Crippen LogP) is 4.00. The molecule has 1 saturated heterocycles. The summed E-state index contributed by atoms with van der Waals surface area (Å²) in [6.45, 7) is 7.18. The molecule has 0 spiro atoms. The number of rotatable bonds is 3. The van der Waals surface area contributed by atoms with Crippen molar-refractivity contribution in [1.29, 1.82) is 0 Å². The van der Waals surface area contributed by atoms with Crippen LogP contribution in [0.2, 0.25) is 0 Å². The number of thioether (sulfide) groups is 1. The molecule has 1 aromatic carbocycles. The van der Waals surface area contributed by atoms with Gasteiger partial charge in [0.2, 0.25) is 0 Å². The summed E-state index contributed by atoms with van der Waals surface area (Å²) in [7, 11) is 0. The highest BCUT2D eigenvalue weighted by Crippen LogP contribution is 2.27. The van der Waals surface area contributed by atoms with Crippen molar-refractivity contribution in [3.8, 4) is 0 Å². The molecule has 0 radical (unpaired) electrons. The normalized spacial score (nSPS) is 21.4. The highest BCUT2D eigenvalue weighted by Gasteiger charge is 2.28. The van der Waals surface area contributed by atoms with Gasteiger partial charge >= 0.3 is 0 Å². The van der Waals surface area contributed by atoms with Crippen molar-refractivity contribution < 1.29 is 8.78 Å². The minimum absolute atomic E-state index is 0.202. The third-order valence-corrected chi connectivity index (χ3v) is 4.53. The number of hydrogen-bond acceptors (Lipinski definition) is 2. The second-order valence-electron chi connectivity index (χ2n) is 6.41. The molecule has 1 aliphatic heterocycles. The molecule has 1 heterocycles. The smallest absolute Gasteiger partial charge is 0.156 e. The van der Waals surface area contributed by atoms with Gasteiger partial charge in [-0.25, -0.2) is 8.78 Å². The van der Waals surface area contributed by atoms with Crippen LogP contribution in [0.5, 0.6) is 0 Å². The second kappa shape index (κ2) is 6.77. The van der Waals surface area contributed by atoms with Crippen molar-refractivity contribution >= 4 is 16.9 Å². The highest BCUT2D eigenvalue weighted by atomic mass is 32.2. The third-order valence-electron chi connectivity index (χ3n) is 3.57. The quantitative estimate of drug-likeness (QED) is 0.912. The van der Waals surface area contributed by atoms with Gasteiger partial charge in [0.1, 0.15) is 11.6 Å². The summed E-state index contributed by atoms with van der Waals surface area (Å²) in [5.74, 6) is -0.00577. The minimum Gasteiger partial charge on any atom is -0.362 e. The fourth-order valence-corrected chi connectivity index (χ4v) is 3.27. The third kappa shape index (κ3) is 4.99. The van der Waals surface area contributed by atoms with Gasteiger partial charge in [-0.15, -0.1) is 0 Å². The van der Waals surface area contributed by atoms with Gasteiger partial charge in [-0.1, -0.05) is 32.5 Å². The van der Waals surface area contributed by atoms with E-state index in [0.717, 1.165) is 23.4 Å². The van der Waals surface area contributed by atoms with E-state index >= 15 is 0 Å². The highest BCUT2D eigenvalue weighted by molar-refractivity contribution is 8.13. The van der Waals surface area contributed by atoms with E-state index in [0.29, 0.717) is 24.6 Å². The van der Waals surface area contributed by atoms with Crippen LogP contribution in [0.4, 0.5) is 8.78 Å². The number of benzene rings is 1. The summed E-state index contributed by atoms with van der Waals surface area (Å²) in [6, 6.07) is 4.04. The van der Waals surface area contributed by atoms with E-state index in [1.807, 2.05) is 0 Å². The molecule has 1 N–H and O–H groups in total. The summed E-state index contributed by atoms with van der Waals surface area (Å²) in [5, 5.41) is 4.41. The van der Waals surface area contributed by atoms with Gasteiger partial charge in [0, 0.05) is 24.4 Å². The number of nitrogens with zero attached hydrogens (tertiary/aromatic N) is 1. The fraction of sp³-hybridized carbons (Fsp3) is 0.562. The van der Waals surface area contributed by atoms with Crippen molar-refractivity contribution in [2.75, 3.05) is 12.3 Å². The Morgan fingerprint density at radius 2 is 1.90 bits per heavy atom. The van der Waals surface area contributed by atoms with Crippen LogP contribution in [0.3, 0.4) is 0 Å². The van der Waals surface area contributed by atoms with E-state index in [9.17, 15) is 8.78 Å². The van der Waals surface area contributed by atoms with Crippen molar-refractivity contribution in [3.63, 3.8) is 0 Å². The summed E-state index contributed by atoms with van der Waals surface area (Å²) in [6.07, 6.45) is 1.67. The van der Waals surface area contributed by atoms with E-state index in [-0.39, 0.29) is 5.41 Å². The van der Waals surface area contributed by atoms with Crippen LogP contribution >= 0.6 is 11.8 Å². The topological polar surface area (TPSA) is 24.4 Å². The van der Waals surface area contributed by atoms with Crippen LogP contribution in [-0.2, 0) is 6.42 Å². The maximum Gasteiger partial charge on any atom is 0.156 e. The lowest BCUT2D eigenvalue weighted by molar-refractivity contribution is 0.290. The summed E-state index contributed by atoms with van der Waals surface area (Å²) in [4.78, 5) is 4.53. The summed E-state index contributed by atoms with van der Waals surface area (Å²) in [5.41, 5.74) is 0.845. The van der Waals surface area contributed by atoms with Gasteiger partial charge in [-0.3, -0.25) is 4.99 Å². The Morgan fingerprint density at radius 3 is 2.52 bits per heavy atom. The Bertz CT molecular complexity index is 503. The zero-order chi connectivity index (χ0) is 15.5. The lowest BCUT2D eigenvalue weighted by atomic mass is 9.85. The summed E-state index contributed by atoms with van der Waals surface area (Å²) >= 11 is 1.72. The first-order valence-corrected chi connectivity index (χ1v) is 8.22. The molecule has 21 heavy (non-hydrogen) atoms. The first-order chi connectivity index (χ1) is 9.84. The Hall–Kier alpha value is -1.10. The molecule has 0 amide bonds. The van der Waals surface area contributed by atoms with Crippen LogP contribution in [0.1, 0.15) is 32.8 Å². The molecule has 1 atom stereocenters. The lowest BCUT2D eigenvalue weighted by Crippen LogP contribution is -2.46. The molecule has 0 saturated carbocycles. The monoisotopic (exact) mass is 312 g/mol. The van der Waals surface area contributed by atoms with Crippen LogP contribution in [0, 0.1) is 17.0 Å².